The number of fused-ring (bicyclic) bond motifs is 1. The van der Waals surface area contributed by atoms with E-state index in [9.17, 15) is 14.4 Å². The largest absolute Gasteiger partial charge is 0.332 e. The van der Waals surface area contributed by atoms with Crippen molar-refractivity contribution >= 4 is 23.1 Å². The standard InChI is InChI=1S/C15H17N3O3S/c1-17-12(7-13(19)18(2)15(17)21)16-14(20)10-8-22-11-6-4-3-5-9(10)11/h7-8H,3-6H2,1-2H3,(H,16,20). The number of anilines is 1. The van der Waals surface area contributed by atoms with E-state index in [-0.39, 0.29) is 11.7 Å². The summed E-state index contributed by atoms with van der Waals surface area (Å²) in [6, 6.07) is 1.26. The summed E-state index contributed by atoms with van der Waals surface area (Å²) in [4.78, 5) is 37.4. The molecule has 0 bridgehead atoms. The highest BCUT2D eigenvalue weighted by molar-refractivity contribution is 7.10. The number of hydrogen-bond donors (Lipinski definition) is 1. The van der Waals surface area contributed by atoms with Crippen molar-refractivity contribution in [3.05, 3.63) is 48.3 Å². The van der Waals surface area contributed by atoms with Crippen molar-refractivity contribution in [1.29, 1.82) is 0 Å². The number of amides is 1. The molecule has 1 aliphatic carbocycles. The van der Waals surface area contributed by atoms with Crippen molar-refractivity contribution in [1.82, 2.24) is 9.13 Å². The lowest BCUT2D eigenvalue weighted by Crippen LogP contribution is -2.38. The van der Waals surface area contributed by atoms with Crippen molar-refractivity contribution in [3.8, 4) is 0 Å². The Morgan fingerprint density at radius 3 is 2.68 bits per heavy atom. The fourth-order valence-corrected chi connectivity index (χ4v) is 3.85. The number of hydrogen-bond acceptors (Lipinski definition) is 4. The molecule has 0 aromatic carbocycles. The number of carbonyl (C=O) groups is 1. The maximum Gasteiger partial charge on any atom is 0.332 e. The van der Waals surface area contributed by atoms with Gasteiger partial charge in [-0.3, -0.25) is 18.7 Å². The predicted octanol–water partition coefficient (Wildman–Crippen LogP) is 1.28. The molecule has 22 heavy (non-hydrogen) atoms. The number of aryl methyl sites for hydroxylation is 1. The summed E-state index contributed by atoms with van der Waals surface area (Å²) in [6.07, 6.45) is 4.20. The normalized spacial score (nSPS) is 13.7. The molecule has 2 heterocycles. The first-order chi connectivity index (χ1) is 10.5. The van der Waals surface area contributed by atoms with E-state index in [0.717, 1.165) is 35.8 Å². The first kappa shape index (κ1) is 14.8. The van der Waals surface area contributed by atoms with Gasteiger partial charge in [0.15, 0.2) is 0 Å². The van der Waals surface area contributed by atoms with Crippen LogP contribution in [0, 0.1) is 0 Å². The van der Waals surface area contributed by atoms with Crippen LogP contribution in [0.15, 0.2) is 21.0 Å². The van der Waals surface area contributed by atoms with Crippen LogP contribution in [0.2, 0.25) is 0 Å². The van der Waals surface area contributed by atoms with E-state index < -0.39 is 11.2 Å². The van der Waals surface area contributed by atoms with Crippen LogP contribution in [-0.2, 0) is 26.9 Å². The maximum atomic E-state index is 12.5. The maximum absolute atomic E-state index is 12.5. The highest BCUT2D eigenvalue weighted by atomic mass is 32.1. The zero-order valence-corrected chi connectivity index (χ0v) is 13.3. The van der Waals surface area contributed by atoms with Crippen molar-refractivity contribution in [2.75, 3.05) is 5.32 Å². The summed E-state index contributed by atoms with van der Waals surface area (Å²) in [7, 11) is 2.94. The minimum atomic E-state index is -0.463. The Morgan fingerprint density at radius 2 is 1.91 bits per heavy atom. The Morgan fingerprint density at radius 1 is 1.18 bits per heavy atom. The Balaban J connectivity index is 1.94. The number of nitrogens with one attached hydrogen (secondary N) is 1. The summed E-state index contributed by atoms with van der Waals surface area (Å²) < 4.78 is 2.26. The molecule has 3 rings (SSSR count). The molecule has 0 radical (unpaired) electrons. The molecule has 1 amide bonds. The van der Waals surface area contributed by atoms with Gasteiger partial charge in [0.25, 0.3) is 11.5 Å². The van der Waals surface area contributed by atoms with Gasteiger partial charge >= 0.3 is 5.69 Å². The van der Waals surface area contributed by atoms with E-state index in [0.29, 0.717) is 5.56 Å². The van der Waals surface area contributed by atoms with Gasteiger partial charge in [-0.05, 0) is 31.2 Å². The molecule has 2 aromatic heterocycles. The van der Waals surface area contributed by atoms with Gasteiger partial charge in [0.2, 0.25) is 0 Å². The first-order valence-electron chi connectivity index (χ1n) is 7.16. The third kappa shape index (κ3) is 2.41. The van der Waals surface area contributed by atoms with Crippen molar-refractivity contribution < 1.29 is 4.79 Å². The molecule has 7 heteroatoms. The molecule has 1 N–H and O–H groups in total. The lowest BCUT2D eigenvalue weighted by molar-refractivity contribution is 0.102. The zero-order chi connectivity index (χ0) is 15.9. The molecule has 6 nitrogen and oxygen atoms in total. The molecular weight excluding hydrogens is 302 g/mol. The second-order valence-electron chi connectivity index (χ2n) is 5.48. The van der Waals surface area contributed by atoms with E-state index >= 15 is 0 Å². The molecule has 0 spiro atoms. The fraction of sp³-hybridized carbons (Fsp3) is 0.400. The van der Waals surface area contributed by atoms with Crippen LogP contribution in [0.25, 0.3) is 0 Å². The third-order valence-electron chi connectivity index (χ3n) is 4.07. The van der Waals surface area contributed by atoms with Crippen LogP contribution >= 0.6 is 11.3 Å². The van der Waals surface area contributed by atoms with Crippen molar-refractivity contribution in [2.45, 2.75) is 25.7 Å². The van der Waals surface area contributed by atoms with Crippen molar-refractivity contribution in [2.24, 2.45) is 14.1 Å². The number of nitrogens with zero attached hydrogens (tertiary/aromatic N) is 2. The second-order valence-corrected chi connectivity index (χ2v) is 6.44. The average Bonchev–Trinajstić information content (AvgIpc) is 2.94. The van der Waals surface area contributed by atoms with E-state index in [1.165, 1.54) is 29.6 Å². The van der Waals surface area contributed by atoms with Gasteiger partial charge in [-0.25, -0.2) is 4.79 Å². The number of thiophene rings is 1. The highest BCUT2D eigenvalue weighted by Gasteiger charge is 2.21. The molecule has 0 unspecified atom stereocenters. The highest BCUT2D eigenvalue weighted by Crippen LogP contribution is 2.30. The molecule has 0 saturated carbocycles. The van der Waals surface area contributed by atoms with Gasteiger partial charge in [-0.2, -0.15) is 0 Å². The first-order valence-corrected chi connectivity index (χ1v) is 8.04. The minimum Gasteiger partial charge on any atom is -0.308 e. The Kier molecular flexibility index (Phi) is 3.74. The molecule has 116 valence electrons. The number of aromatic nitrogens is 2. The number of carbonyl (C=O) groups excluding carboxylic acids is 1. The van der Waals surface area contributed by atoms with Crippen LogP contribution in [0.5, 0.6) is 0 Å². The molecule has 0 atom stereocenters. The average molecular weight is 319 g/mol. The van der Waals surface area contributed by atoms with Gasteiger partial charge in [-0.15, -0.1) is 11.3 Å². The second kappa shape index (κ2) is 5.57. The van der Waals surface area contributed by atoms with Gasteiger partial charge < -0.3 is 5.32 Å². The van der Waals surface area contributed by atoms with Gasteiger partial charge in [0.05, 0.1) is 5.56 Å². The zero-order valence-electron chi connectivity index (χ0n) is 12.5. The summed E-state index contributed by atoms with van der Waals surface area (Å²) in [5.74, 6) is -0.0449. The molecular formula is C15H17N3O3S. The summed E-state index contributed by atoms with van der Waals surface area (Å²) in [5.41, 5.74) is 0.872. The number of rotatable bonds is 2. The van der Waals surface area contributed by atoms with Crippen LogP contribution in [0.1, 0.15) is 33.6 Å². The van der Waals surface area contributed by atoms with Gasteiger partial charge in [0, 0.05) is 30.4 Å². The van der Waals surface area contributed by atoms with Crippen LogP contribution in [0.4, 0.5) is 5.82 Å². The van der Waals surface area contributed by atoms with Crippen LogP contribution < -0.4 is 16.6 Å². The van der Waals surface area contributed by atoms with E-state index in [4.69, 9.17) is 0 Å². The SMILES string of the molecule is Cn1c(NC(=O)c2csc3c2CCCC3)cc(=O)n(C)c1=O. The molecule has 2 aromatic rings. The van der Waals surface area contributed by atoms with Crippen LogP contribution in [0.3, 0.4) is 0 Å². The molecule has 0 aliphatic heterocycles. The Labute approximate surface area is 131 Å². The van der Waals surface area contributed by atoms with E-state index in [1.807, 2.05) is 5.38 Å². The summed E-state index contributed by atoms with van der Waals surface area (Å²) in [6.45, 7) is 0. The van der Waals surface area contributed by atoms with Gasteiger partial charge in [-0.1, -0.05) is 0 Å². The minimum absolute atomic E-state index is 0.217. The summed E-state index contributed by atoms with van der Waals surface area (Å²) >= 11 is 1.61. The van der Waals surface area contributed by atoms with Gasteiger partial charge in [0.1, 0.15) is 5.82 Å². The molecule has 0 fully saturated rings. The lowest BCUT2D eigenvalue weighted by Gasteiger charge is -2.14. The summed E-state index contributed by atoms with van der Waals surface area (Å²) in [5, 5.41) is 4.55. The lowest BCUT2D eigenvalue weighted by atomic mass is 9.96. The Bertz CT molecular complexity index is 860. The Hall–Kier alpha value is -2.15. The van der Waals surface area contributed by atoms with Crippen LogP contribution in [-0.4, -0.2) is 15.0 Å². The topological polar surface area (TPSA) is 73.1 Å². The molecule has 1 aliphatic rings. The van der Waals surface area contributed by atoms with E-state index in [1.54, 1.807) is 11.3 Å². The third-order valence-corrected chi connectivity index (χ3v) is 5.16. The quantitative estimate of drug-likeness (QED) is 0.906. The monoisotopic (exact) mass is 319 g/mol. The molecule has 0 saturated heterocycles. The van der Waals surface area contributed by atoms with Crippen molar-refractivity contribution in [3.63, 3.8) is 0 Å². The fourth-order valence-electron chi connectivity index (χ4n) is 2.72. The smallest absolute Gasteiger partial charge is 0.308 e. The predicted molar refractivity (Wildman–Crippen MR) is 85.8 cm³/mol. The van der Waals surface area contributed by atoms with E-state index in [2.05, 4.69) is 5.32 Å².